The number of hydrogen-bond donors (Lipinski definition) is 2. The molecule has 3 N–H and O–H groups in total. The van der Waals surface area contributed by atoms with E-state index in [9.17, 15) is 4.79 Å². The first-order chi connectivity index (χ1) is 10.2. The highest BCUT2D eigenvalue weighted by Crippen LogP contribution is 2.22. The summed E-state index contributed by atoms with van der Waals surface area (Å²) in [5.74, 6) is 0.373. The normalized spacial score (nSPS) is 10.2. The maximum atomic E-state index is 12.3. The van der Waals surface area contributed by atoms with E-state index < -0.39 is 0 Å². The van der Waals surface area contributed by atoms with Crippen LogP contribution in [0.3, 0.4) is 0 Å². The molecule has 0 aliphatic carbocycles. The van der Waals surface area contributed by atoms with Gasteiger partial charge in [-0.1, -0.05) is 25.1 Å². The van der Waals surface area contributed by atoms with Crippen molar-refractivity contribution in [1.29, 1.82) is 0 Å². The lowest BCUT2D eigenvalue weighted by Crippen LogP contribution is -2.14. The van der Waals surface area contributed by atoms with Crippen LogP contribution >= 0.6 is 0 Å². The van der Waals surface area contributed by atoms with Gasteiger partial charge >= 0.3 is 0 Å². The fourth-order valence-corrected chi connectivity index (χ4v) is 2.13. The highest BCUT2D eigenvalue weighted by Gasteiger charge is 2.12. The van der Waals surface area contributed by atoms with E-state index in [1.165, 1.54) is 0 Å². The molecule has 0 bridgehead atoms. The van der Waals surface area contributed by atoms with Gasteiger partial charge in [0.05, 0.1) is 12.2 Å². The highest BCUT2D eigenvalue weighted by molar-refractivity contribution is 6.06. The molecule has 0 unspecified atom stereocenters. The zero-order chi connectivity index (χ0) is 15.2. The molecule has 1 amide bonds. The molecule has 0 saturated heterocycles. The fourth-order valence-electron chi connectivity index (χ4n) is 2.13. The minimum absolute atomic E-state index is 0.206. The van der Waals surface area contributed by atoms with Gasteiger partial charge in [0.25, 0.3) is 5.91 Å². The van der Waals surface area contributed by atoms with Gasteiger partial charge in [0.2, 0.25) is 0 Å². The molecular formula is C17H20N2O2. The van der Waals surface area contributed by atoms with Gasteiger partial charge in [-0.3, -0.25) is 4.79 Å². The number of rotatable bonds is 5. The summed E-state index contributed by atoms with van der Waals surface area (Å²) < 4.78 is 5.47. The summed E-state index contributed by atoms with van der Waals surface area (Å²) >= 11 is 0. The first-order valence-corrected chi connectivity index (χ1v) is 7.07. The minimum atomic E-state index is -0.206. The van der Waals surface area contributed by atoms with E-state index in [1.54, 1.807) is 18.2 Å². The Morgan fingerprint density at radius 1 is 1.19 bits per heavy atom. The van der Waals surface area contributed by atoms with Gasteiger partial charge in [0.1, 0.15) is 5.75 Å². The second-order valence-corrected chi connectivity index (χ2v) is 4.65. The van der Waals surface area contributed by atoms with Crippen molar-refractivity contribution in [3.8, 4) is 5.75 Å². The van der Waals surface area contributed by atoms with E-state index in [-0.39, 0.29) is 5.91 Å². The molecular weight excluding hydrogens is 264 g/mol. The number of benzene rings is 2. The number of aryl methyl sites for hydroxylation is 1. The molecule has 0 radical (unpaired) electrons. The summed E-state index contributed by atoms with van der Waals surface area (Å²) in [6.07, 6.45) is 0.868. The number of nitrogen functional groups attached to an aromatic ring is 1. The maximum absolute atomic E-state index is 12.3. The van der Waals surface area contributed by atoms with Crippen LogP contribution in [0.5, 0.6) is 5.75 Å². The van der Waals surface area contributed by atoms with Gasteiger partial charge in [0, 0.05) is 11.4 Å². The van der Waals surface area contributed by atoms with Crippen molar-refractivity contribution < 1.29 is 9.53 Å². The van der Waals surface area contributed by atoms with E-state index in [1.807, 2.05) is 38.1 Å². The number of amides is 1. The molecule has 0 saturated carbocycles. The lowest BCUT2D eigenvalue weighted by atomic mass is 10.1. The van der Waals surface area contributed by atoms with Crippen molar-refractivity contribution >= 4 is 17.3 Å². The smallest absolute Gasteiger partial charge is 0.259 e. The van der Waals surface area contributed by atoms with E-state index in [4.69, 9.17) is 10.5 Å². The molecule has 4 heteroatoms. The molecule has 21 heavy (non-hydrogen) atoms. The Morgan fingerprint density at radius 3 is 2.62 bits per heavy atom. The Kier molecular flexibility index (Phi) is 4.82. The van der Waals surface area contributed by atoms with Crippen LogP contribution in [-0.2, 0) is 6.42 Å². The standard InChI is InChI=1S/C17H20N2O2/c1-3-12-9-10-13(11-15(12)18)19-17(20)14-7-5-6-8-16(14)21-4-2/h5-11H,3-4,18H2,1-2H3,(H,19,20). The molecule has 110 valence electrons. The van der Waals surface area contributed by atoms with Crippen molar-refractivity contribution in [3.63, 3.8) is 0 Å². The molecule has 0 spiro atoms. The van der Waals surface area contributed by atoms with Crippen LogP contribution in [0, 0.1) is 0 Å². The minimum Gasteiger partial charge on any atom is -0.493 e. The topological polar surface area (TPSA) is 64.3 Å². The Balaban J connectivity index is 2.20. The number of ether oxygens (including phenoxy) is 1. The second kappa shape index (κ2) is 6.79. The van der Waals surface area contributed by atoms with Crippen molar-refractivity contribution in [2.45, 2.75) is 20.3 Å². The summed E-state index contributed by atoms with van der Waals surface area (Å²) in [6, 6.07) is 12.7. The first-order valence-electron chi connectivity index (χ1n) is 7.07. The quantitative estimate of drug-likeness (QED) is 0.826. The molecule has 0 heterocycles. The number of carbonyl (C=O) groups is 1. The average Bonchev–Trinajstić information content (AvgIpc) is 2.48. The van der Waals surface area contributed by atoms with Gasteiger partial charge in [-0.2, -0.15) is 0 Å². The molecule has 0 fully saturated rings. The van der Waals surface area contributed by atoms with Crippen LogP contribution in [0.25, 0.3) is 0 Å². The Labute approximate surface area is 124 Å². The molecule has 0 aliphatic heterocycles. The molecule has 2 rings (SSSR count). The molecule has 0 aliphatic rings. The number of nitrogens with two attached hydrogens (primary N) is 1. The highest BCUT2D eigenvalue weighted by atomic mass is 16.5. The number of para-hydroxylation sites is 1. The van der Waals surface area contributed by atoms with E-state index >= 15 is 0 Å². The summed E-state index contributed by atoms with van der Waals surface area (Å²) in [5, 5.41) is 2.85. The monoisotopic (exact) mass is 284 g/mol. The largest absolute Gasteiger partial charge is 0.493 e. The van der Waals surface area contributed by atoms with Crippen molar-refractivity contribution in [2.75, 3.05) is 17.7 Å². The summed E-state index contributed by atoms with van der Waals surface area (Å²) in [4.78, 5) is 12.3. The lowest BCUT2D eigenvalue weighted by Gasteiger charge is -2.11. The molecule has 0 aromatic heterocycles. The van der Waals surface area contributed by atoms with E-state index in [0.29, 0.717) is 29.3 Å². The zero-order valence-electron chi connectivity index (χ0n) is 12.3. The van der Waals surface area contributed by atoms with Crippen LogP contribution in [0.15, 0.2) is 42.5 Å². The first kappa shape index (κ1) is 14.9. The summed E-state index contributed by atoms with van der Waals surface area (Å²) in [5.41, 5.74) is 8.90. The maximum Gasteiger partial charge on any atom is 0.259 e. The Hall–Kier alpha value is -2.49. The van der Waals surface area contributed by atoms with Gasteiger partial charge in [-0.05, 0) is 43.2 Å². The molecule has 2 aromatic carbocycles. The van der Waals surface area contributed by atoms with Gasteiger partial charge in [-0.15, -0.1) is 0 Å². The average molecular weight is 284 g/mol. The molecule has 0 atom stereocenters. The predicted molar refractivity (Wildman–Crippen MR) is 85.8 cm³/mol. The van der Waals surface area contributed by atoms with E-state index in [0.717, 1.165) is 12.0 Å². The third-order valence-corrected chi connectivity index (χ3v) is 3.22. The van der Waals surface area contributed by atoms with Crippen molar-refractivity contribution in [3.05, 3.63) is 53.6 Å². The van der Waals surface area contributed by atoms with Crippen LogP contribution in [0.4, 0.5) is 11.4 Å². The Bertz CT molecular complexity index is 638. The molecule has 2 aromatic rings. The van der Waals surface area contributed by atoms with Crippen molar-refractivity contribution in [2.24, 2.45) is 0 Å². The van der Waals surface area contributed by atoms with Crippen LogP contribution < -0.4 is 15.8 Å². The van der Waals surface area contributed by atoms with Crippen molar-refractivity contribution in [1.82, 2.24) is 0 Å². The lowest BCUT2D eigenvalue weighted by molar-refractivity contribution is 0.102. The summed E-state index contributed by atoms with van der Waals surface area (Å²) in [7, 11) is 0. The Morgan fingerprint density at radius 2 is 1.95 bits per heavy atom. The van der Waals surface area contributed by atoms with Gasteiger partial charge < -0.3 is 15.8 Å². The zero-order valence-corrected chi connectivity index (χ0v) is 12.3. The third kappa shape index (κ3) is 3.54. The number of carbonyl (C=O) groups excluding carboxylic acids is 1. The van der Waals surface area contributed by atoms with E-state index in [2.05, 4.69) is 5.32 Å². The second-order valence-electron chi connectivity index (χ2n) is 4.65. The third-order valence-electron chi connectivity index (χ3n) is 3.22. The number of anilines is 2. The number of hydrogen-bond acceptors (Lipinski definition) is 3. The SMILES string of the molecule is CCOc1ccccc1C(=O)Nc1ccc(CC)c(N)c1. The summed E-state index contributed by atoms with van der Waals surface area (Å²) in [6.45, 7) is 4.45. The predicted octanol–water partition coefficient (Wildman–Crippen LogP) is 3.48. The van der Waals surface area contributed by atoms with Crippen LogP contribution in [0.1, 0.15) is 29.8 Å². The molecule has 4 nitrogen and oxygen atoms in total. The number of nitrogens with one attached hydrogen (secondary N) is 1. The van der Waals surface area contributed by atoms with Crippen LogP contribution in [0.2, 0.25) is 0 Å². The van der Waals surface area contributed by atoms with Crippen LogP contribution in [-0.4, -0.2) is 12.5 Å². The van der Waals surface area contributed by atoms with Gasteiger partial charge in [0.15, 0.2) is 0 Å². The van der Waals surface area contributed by atoms with Gasteiger partial charge in [-0.25, -0.2) is 0 Å². The fraction of sp³-hybridized carbons (Fsp3) is 0.235.